The molecule has 7 heteroatoms. The van der Waals surface area contributed by atoms with Gasteiger partial charge < -0.3 is 10.5 Å². The minimum atomic E-state index is -2.90. The third kappa shape index (κ3) is 2.06. The number of aromatic nitrogens is 2. The smallest absolute Gasteiger partial charge is 0.242 e. The first kappa shape index (κ1) is 8.73. The molecule has 0 spiro atoms. The minimum Gasteiger partial charge on any atom is -0.494 e. The summed E-state index contributed by atoms with van der Waals surface area (Å²) in [4.78, 5) is 6.31. The van der Waals surface area contributed by atoms with E-state index in [-0.39, 0.29) is 11.3 Å². The van der Waals surface area contributed by atoms with Crippen LogP contribution in [-0.2, 0) is 0 Å². The quantitative estimate of drug-likeness (QED) is 0.838. The topological polar surface area (TPSA) is 61.0 Å². The number of anilines is 1. The molecule has 4 nitrogen and oxygen atoms in total. The van der Waals surface area contributed by atoms with E-state index in [0.717, 1.165) is 12.1 Å². The first-order valence-electron chi connectivity index (χ1n) is 6.14. The van der Waals surface area contributed by atoms with Gasteiger partial charge in [0.1, 0.15) is 11.5 Å². The van der Waals surface area contributed by atoms with Crippen molar-refractivity contribution in [2.75, 3.05) is 12.8 Å². The molecular formula is C11H8F3N3O. The summed E-state index contributed by atoms with van der Waals surface area (Å²) < 4.78 is 65.6. The molecule has 2 aromatic rings. The van der Waals surface area contributed by atoms with E-state index in [2.05, 4.69) is 14.7 Å². The number of benzene rings is 1. The van der Waals surface area contributed by atoms with Gasteiger partial charge >= 0.3 is 0 Å². The second kappa shape index (κ2) is 4.52. The van der Waals surface area contributed by atoms with Crippen LogP contribution in [0.1, 0.15) is 4.11 Å². The summed E-state index contributed by atoms with van der Waals surface area (Å²) in [6, 6.07) is 1.57. The number of nitrogens with two attached hydrogens (primary N) is 1. The Morgan fingerprint density at radius 1 is 1.33 bits per heavy atom. The van der Waals surface area contributed by atoms with Crippen LogP contribution in [0.15, 0.2) is 18.3 Å². The molecule has 94 valence electrons. The molecule has 0 aliphatic heterocycles. The third-order valence-electron chi connectivity index (χ3n) is 2.14. The van der Waals surface area contributed by atoms with E-state index in [1.165, 1.54) is 0 Å². The first-order valence-corrected chi connectivity index (χ1v) is 4.64. The number of hydrogen-bond acceptors (Lipinski definition) is 4. The molecule has 18 heavy (non-hydrogen) atoms. The van der Waals surface area contributed by atoms with Crippen LogP contribution in [0.25, 0.3) is 11.3 Å². The summed E-state index contributed by atoms with van der Waals surface area (Å²) in [7, 11) is -2.90. The van der Waals surface area contributed by atoms with Crippen molar-refractivity contribution >= 4 is 5.69 Å². The standard InChI is InChI=1S/C11H8F3N3O/c1-18-10-6(2-5(12)3-7(10)15)9-11(14)17-8(13)4-16-9/h2-4H,15H2,1H3/i1D3. The van der Waals surface area contributed by atoms with Crippen molar-refractivity contribution in [1.29, 1.82) is 0 Å². The molecule has 0 atom stereocenters. The molecule has 0 radical (unpaired) electrons. The minimum absolute atomic E-state index is 0.369. The fraction of sp³-hybridized carbons (Fsp3) is 0.0909. The zero-order valence-electron chi connectivity index (χ0n) is 11.7. The molecule has 1 aromatic carbocycles. The molecule has 0 aliphatic carbocycles. The predicted octanol–water partition coefficient (Wildman–Crippen LogP) is 2.15. The number of nitrogens with zero attached hydrogens (tertiary/aromatic N) is 2. The SMILES string of the molecule is [2H]C([2H])([2H])Oc1c(N)cc(F)cc1-c1ncc(F)nc1F. The molecule has 0 unspecified atom stereocenters. The Bertz CT molecular complexity index is 694. The Hall–Kier alpha value is -2.31. The van der Waals surface area contributed by atoms with Gasteiger partial charge in [-0.25, -0.2) is 9.37 Å². The summed E-state index contributed by atoms with van der Waals surface area (Å²) in [5, 5.41) is 0. The van der Waals surface area contributed by atoms with E-state index in [4.69, 9.17) is 9.85 Å². The summed E-state index contributed by atoms with van der Waals surface area (Å²) in [5.74, 6) is -3.89. The zero-order chi connectivity index (χ0) is 15.8. The third-order valence-corrected chi connectivity index (χ3v) is 2.14. The summed E-state index contributed by atoms with van der Waals surface area (Å²) in [6.07, 6.45) is 0.596. The predicted molar refractivity (Wildman–Crippen MR) is 58.3 cm³/mol. The van der Waals surface area contributed by atoms with Gasteiger partial charge in [-0.3, -0.25) is 0 Å². The summed E-state index contributed by atoms with van der Waals surface area (Å²) in [6.45, 7) is 0. The molecule has 2 rings (SSSR count). The van der Waals surface area contributed by atoms with E-state index in [0.29, 0.717) is 6.20 Å². The highest BCUT2D eigenvalue weighted by Crippen LogP contribution is 2.35. The van der Waals surface area contributed by atoms with Gasteiger partial charge in [0.25, 0.3) is 0 Å². The fourth-order valence-corrected chi connectivity index (χ4v) is 1.43. The Morgan fingerprint density at radius 3 is 2.78 bits per heavy atom. The Morgan fingerprint density at radius 2 is 2.11 bits per heavy atom. The van der Waals surface area contributed by atoms with Crippen molar-refractivity contribution in [2.24, 2.45) is 0 Å². The van der Waals surface area contributed by atoms with Gasteiger partial charge in [-0.05, 0) is 6.07 Å². The maximum Gasteiger partial charge on any atom is 0.242 e. The molecule has 0 fully saturated rings. The number of methoxy groups -OCH3 is 1. The highest BCUT2D eigenvalue weighted by atomic mass is 19.1. The zero-order valence-corrected chi connectivity index (χ0v) is 8.75. The van der Waals surface area contributed by atoms with E-state index < -0.39 is 36.2 Å². The van der Waals surface area contributed by atoms with Crippen LogP contribution >= 0.6 is 0 Å². The molecule has 1 aromatic heterocycles. The average Bonchev–Trinajstić information content (AvgIpc) is 2.31. The van der Waals surface area contributed by atoms with Crippen LogP contribution < -0.4 is 10.5 Å². The molecule has 0 bridgehead atoms. The number of halogens is 3. The Kier molecular flexibility index (Phi) is 2.19. The van der Waals surface area contributed by atoms with E-state index in [9.17, 15) is 13.2 Å². The molecule has 0 saturated carbocycles. The number of rotatable bonds is 2. The van der Waals surface area contributed by atoms with Crippen molar-refractivity contribution in [3.63, 3.8) is 0 Å². The van der Waals surface area contributed by atoms with Crippen LogP contribution in [0.3, 0.4) is 0 Å². The monoisotopic (exact) mass is 258 g/mol. The number of hydrogen-bond donors (Lipinski definition) is 1. The van der Waals surface area contributed by atoms with Gasteiger partial charge in [0.05, 0.1) is 28.6 Å². The van der Waals surface area contributed by atoms with Gasteiger partial charge in [0, 0.05) is 6.07 Å². The lowest BCUT2D eigenvalue weighted by atomic mass is 10.1. The lowest BCUT2D eigenvalue weighted by molar-refractivity contribution is 0.416. The second-order valence-corrected chi connectivity index (χ2v) is 3.31. The van der Waals surface area contributed by atoms with Crippen molar-refractivity contribution in [1.82, 2.24) is 9.97 Å². The van der Waals surface area contributed by atoms with Crippen molar-refractivity contribution in [3.8, 4) is 17.0 Å². The van der Waals surface area contributed by atoms with Crippen LogP contribution in [0.4, 0.5) is 18.9 Å². The van der Waals surface area contributed by atoms with Gasteiger partial charge in [-0.1, -0.05) is 0 Å². The first-order chi connectivity index (χ1) is 9.67. The average molecular weight is 258 g/mol. The summed E-state index contributed by atoms with van der Waals surface area (Å²) >= 11 is 0. The van der Waals surface area contributed by atoms with Crippen molar-refractivity contribution in [3.05, 3.63) is 36.0 Å². The number of nitrogen functional groups attached to an aromatic ring is 1. The van der Waals surface area contributed by atoms with Gasteiger partial charge in [0.2, 0.25) is 11.9 Å². The van der Waals surface area contributed by atoms with Gasteiger partial charge in [0.15, 0.2) is 5.75 Å². The second-order valence-electron chi connectivity index (χ2n) is 3.31. The maximum atomic E-state index is 13.6. The fourth-order valence-electron chi connectivity index (χ4n) is 1.43. The molecule has 1 heterocycles. The maximum absolute atomic E-state index is 13.6. The lowest BCUT2D eigenvalue weighted by Gasteiger charge is -2.11. The van der Waals surface area contributed by atoms with E-state index >= 15 is 0 Å². The Labute approximate surface area is 104 Å². The van der Waals surface area contributed by atoms with E-state index in [1.807, 2.05) is 0 Å². The van der Waals surface area contributed by atoms with Crippen LogP contribution in [-0.4, -0.2) is 17.0 Å². The van der Waals surface area contributed by atoms with Crippen molar-refractivity contribution in [2.45, 2.75) is 0 Å². The van der Waals surface area contributed by atoms with Crippen LogP contribution in [0, 0.1) is 17.7 Å². The van der Waals surface area contributed by atoms with E-state index in [1.54, 1.807) is 0 Å². The number of ether oxygens (including phenoxy) is 1. The molecule has 2 N–H and O–H groups in total. The summed E-state index contributed by atoms with van der Waals surface area (Å²) in [5.41, 5.74) is 4.16. The van der Waals surface area contributed by atoms with Crippen molar-refractivity contribution < 1.29 is 22.0 Å². The van der Waals surface area contributed by atoms with Gasteiger partial charge in [-0.2, -0.15) is 13.8 Å². The highest BCUT2D eigenvalue weighted by Gasteiger charge is 2.17. The molecule has 0 aliphatic rings. The largest absolute Gasteiger partial charge is 0.494 e. The van der Waals surface area contributed by atoms with Crippen LogP contribution in [0.2, 0.25) is 0 Å². The Balaban J connectivity index is 2.66. The lowest BCUT2D eigenvalue weighted by Crippen LogP contribution is -2.01. The van der Waals surface area contributed by atoms with Crippen LogP contribution in [0.5, 0.6) is 5.75 Å². The molecule has 0 amide bonds. The normalized spacial score (nSPS) is 13.6. The molecule has 0 saturated heterocycles. The molecular weight excluding hydrogens is 247 g/mol. The van der Waals surface area contributed by atoms with Gasteiger partial charge in [-0.15, -0.1) is 0 Å². The highest BCUT2D eigenvalue weighted by molar-refractivity contribution is 5.75.